The highest BCUT2D eigenvalue weighted by Gasteiger charge is 2.36. The number of benzene rings is 1. The molecule has 0 aliphatic carbocycles. The number of methoxy groups -OCH3 is 1. The number of aromatic amines is 1. The zero-order valence-corrected chi connectivity index (χ0v) is 15.1. The first-order valence-electron chi connectivity index (χ1n) is 7.87. The summed E-state index contributed by atoms with van der Waals surface area (Å²) in [6.07, 6.45) is 0. The Hall–Kier alpha value is -3.07. The maximum Gasteiger partial charge on any atom is 0.332 e. The van der Waals surface area contributed by atoms with Gasteiger partial charge in [-0.2, -0.15) is 0 Å². The molecule has 0 amide bonds. The lowest BCUT2D eigenvalue weighted by atomic mass is 9.88. The highest BCUT2D eigenvalue weighted by atomic mass is 32.1. The van der Waals surface area contributed by atoms with Crippen LogP contribution in [-0.4, -0.2) is 21.2 Å². The van der Waals surface area contributed by atoms with Crippen LogP contribution in [0.25, 0.3) is 0 Å². The quantitative estimate of drug-likeness (QED) is 0.549. The number of aromatic nitrogens is 3. The van der Waals surface area contributed by atoms with E-state index in [0.29, 0.717) is 27.8 Å². The molecule has 1 unspecified atom stereocenters. The molecule has 3 aromatic rings. The average molecular weight is 372 g/mol. The molecule has 26 heavy (non-hydrogen) atoms. The molecule has 1 atom stereocenters. The zero-order chi connectivity index (χ0) is 18.6. The van der Waals surface area contributed by atoms with Crippen molar-refractivity contribution in [2.45, 2.75) is 5.92 Å². The summed E-state index contributed by atoms with van der Waals surface area (Å²) in [5, 5.41) is 3.04. The number of ether oxygens (including phenoxy) is 1. The van der Waals surface area contributed by atoms with Crippen molar-refractivity contribution >= 4 is 23.0 Å². The summed E-state index contributed by atoms with van der Waals surface area (Å²) in [7, 11) is 4.59. The fourth-order valence-corrected chi connectivity index (χ4v) is 4.29. The number of para-hydroxylation sites is 1. The maximum atomic E-state index is 13.0. The van der Waals surface area contributed by atoms with E-state index >= 15 is 0 Å². The molecule has 0 fully saturated rings. The van der Waals surface area contributed by atoms with Gasteiger partial charge in [0.05, 0.1) is 23.5 Å². The van der Waals surface area contributed by atoms with E-state index in [0.717, 1.165) is 21.5 Å². The van der Waals surface area contributed by atoms with E-state index in [-0.39, 0.29) is 4.87 Å². The average Bonchev–Trinajstić information content (AvgIpc) is 3.02. The standard InChI is InChI=1S/C17H16N4O4S/c1-20-14-11(15(22)21(2)17(20)24)10(8-6-4-5-7-9(8)25-3)12-13(18-14)19-16(23)26-12/h4-7,10,18H,1-3H3,(H,19,23). The first-order chi connectivity index (χ1) is 12.4. The number of H-pyrrole nitrogens is 1. The lowest BCUT2D eigenvalue weighted by Crippen LogP contribution is -2.42. The molecule has 0 bridgehead atoms. The summed E-state index contributed by atoms with van der Waals surface area (Å²) in [6.45, 7) is 0. The van der Waals surface area contributed by atoms with Crippen LogP contribution in [0.4, 0.5) is 11.6 Å². The van der Waals surface area contributed by atoms with Gasteiger partial charge in [-0.25, -0.2) is 4.79 Å². The Morgan fingerprint density at radius 2 is 1.85 bits per heavy atom. The molecule has 2 aromatic heterocycles. The number of rotatable bonds is 2. The minimum atomic E-state index is -0.521. The second-order valence-corrected chi connectivity index (χ2v) is 7.04. The van der Waals surface area contributed by atoms with Crippen LogP contribution in [0.1, 0.15) is 21.9 Å². The predicted octanol–water partition coefficient (Wildman–Crippen LogP) is 1.08. The van der Waals surface area contributed by atoms with Crippen LogP contribution in [-0.2, 0) is 14.1 Å². The second-order valence-electron chi connectivity index (χ2n) is 6.02. The summed E-state index contributed by atoms with van der Waals surface area (Å²) in [5.74, 6) is 0.946. The van der Waals surface area contributed by atoms with Crippen molar-refractivity contribution < 1.29 is 4.74 Å². The third kappa shape index (κ3) is 2.17. The topological polar surface area (TPSA) is 98.1 Å². The van der Waals surface area contributed by atoms with Gasteiger partial charge in [-0.1, -0.05) is 29.5 Å². The molecule has 134 valence electrons. The number of fused-ring (bicyclic) bond motifs is 2. The lowest BCUT2D eigenvalue weighted by molar-refractivity contribution is 0.409. The second kappa shape index (κ2) is 5.73. The normalized spacial score (nSPS) is 15.1. The van der Waals surface area contributed by atoms with Gasteiger partial charge < -0.3 is 10.1 Å². The van der Waals surface area contributed by atoms with E-state index in [2.05, 4.69) is 10.3 Å². The van der Waals surface area contributed by atoms with Gasteiger partial charge >= 0.3 is 10.6 Å². The molecule has 0 spiro atoms. The molecular formula is C17H16N4O4S. The van der Waals surface area contributed by atoms with Crippen LogP contribution in [0.2, 0.25) is 0 Å². The number of nitrogens with one attached hydrogen (secondary N) is 2. The van der Waals surface area contributed by atoms with E-state index in [4.69, 9.17) is 4.74 Å². The van der Waals surface area contributed by atoms with E-state index in [9.17, 15) is 14.4 Å². The van der Waals surface area contributed by atoms with Gasteiger partial charge in [0.2, 0.25) is 0 Å². The first-order valence-corrected chi connectivity index (χ1v) is 8.68. The highest BCUT2D eigenvalue weighted by molar-refractivity contribution is 7.10. The van der Waals surface area contributed by atoms with Crippen molar-refractivity contribution in [2.24, 2.45) is 14.1 Å². The van der Waals surface area contributed by atoms with E-state index in [1.165, 1.54) is 11.6 Å². The maximum absolute atomic E-state index is 13.0. The molecule has 1 aromatic carbocycles. The Morgan fingerprint density at radius 1 is 1.12 bits per heavy atom. The summed E-state index contributed by atoms with van der Waals surface area (Å²) in [6, 6.07) is 7.35. The number of nitrogens with zero attached hydrogens (tertiary/aromatic N) is 2. The fraction of sp³-hybridized carbons (Fsp3) is 0.235. The Labute approximate surface area is 151 Å². The zero-order valence-electron chi connectivity index (χ0n) is 14.3. The highest BCUT2D eigenvalue weighted by Crippen LogP contribution is 2.45. The smallest absolute Gasteiger partial charge is 0.332 e. The van der Waals surface area contributed by atoms with Crippen molar-refractivity contribution in [3.8, 4) is 5.75 Å². The SMILES string of the molecule is COc1ccccc1C1c2sc(=O)[nH]c2Nc2c1c(=O)n(C)c(=O)n2C. The summed E-state index contributed by atoms with van der Waals surface area (Å²) in [4.78, 5) is 40.5. The van der Waals surface area contributed by atoms with Crippen LogP contribution in [0.15, 0.2) is 38.6 Å². The van der Waals surface area contributed by atoms with Gasteiger partial charge in [-0.15, -0.1) is 0 Å². The molecule has 8 nitrogen and oxygen atoms in total. The van der Waals surface area contributed by atoms with Crippen LogP contribution in [0.3, 0.4) is 0 Å². The monoisotopic (exact) mass is 372 g/mol. The largest absolute Gasteiger partial charge is 0.496 e. The summed E-state index contributed by atoms with van der Waals surface area (Å²) >= 11 is 1.04. The van der Waals surface area contributed by atoms with Gasteiger partial charge in [-0.3, -0.25) is 23.7 Å². The van der Waals surface area contributed by atoms with Crippen LogP contribution in [0, 0.1) is 0 Å². The molecule has 2 N–H and O–H groups in total. The van der Waals surface area contributed by atoms with Gasteiger partial charge in [0.15, 0.2) is 0 Å². The third-order valence-electron chi connectivity index (χ3n) is 4.62. The molecule has 1 aliphatic heterocycles. The van der Waals surface area contributed by atoms with Crippen LogP contribution >= 0.6 is 11.3 Å². The summed E-state index contributed by atoms with van der Waals surface area (Å²) in [5.41, 5.74) is 0.311. The van der Waals surface area contributed by atoms with E-state index < -0.39 is 17.2 Å². The molecule has 4 rings (SSSR count). The lowest BCUT2D eigenvalue weighted by Gasteiger charge is -2.28. The Bertz CT molecular complexity index is 1200. The third-order valence-corrected chi connectivity index (χ3v) is 5.57. The minimum Gasteiger partial charge on any atom is -0.496 e. The molecule has 1 aliphatic rings. The van der Waals surface area contributed by atoms with Crippen molar-refractivity contribution in [1.29, 1.82) is 0 Å². The summed E-state index contributed by atoms with van der Waals surface area (Å²) < 4.78 is 7.92. The number of anilines is 2. The van der Waals surface area contributed by atoms with Crippen molar-refractivity contribution in [3.05, 3.63) is 70.8 Å². The van der Waals surface area contributed by atoms with Gasteiger partial charge in [0, 0.05) is 19.7 Å². The number of hydrogen-bond donors (Lipinski definition) is 2. The van der Waals surface area contributed by atoms with Crippen LogP contribution in [0.5, 0.6) is 5.75 Å². The van der Waals surface area contributed by atoms with Gasteiger partial charge in [-0.05, 0) is 6.07 Å². The van der Waals surface area contributed by atoms with E-state index in [1.807, 2.05) is 18.2 Å². The van der Waals surface area contributed by atoms with E-state index in [1.54, 1.807) is 20.2 Å². The fourth-order valence-electron chi connectivity index (χ4n) is 3.37. The number of thiazole rings is 1. The van der Waals surface area contributed by atoms with Crippen molar-refractivity contribution in [1.82, 2.24) is 14.1 Å². The Kier molecular flexibility index (Phi) is 3.62. The van der Waals surface area contributed by atoms with Gasteiger partial charge in [0.25, 0.3) is 5.56 Å². The first kappa shape index (κ1) is 16.4. The Morgan fingerprint density at radius 3 is 2.58 bits per heavy atom. The molecule has 0 saturated heterocycles. The molecule has 0 radical (unpaired) electrons. The van der Waals surface area contributed by atoms with Crippen molar-refractivity contribution in [3.63, 3.8) is 0 Å². The van der Waals surface area contributed by atoms with Gasteiger partial charge in [0.1, 0.15) is 17.4 Å². The van der Waals surface area contributed by atoms with Crippen LogP contribution < -0.4 is 26.2 Å². The van der Waals surface area contributed by atoms with Crippen molar-refractivity contribution in [2.75, 3.05) is 12.4 Å². The molecule has 3 heterocycles. The molecule has 0 saturated carbocycles. The molecule has 9 heteroatoms. The minimum absolute atomic E-state index is 0.239. The number of hydrogen-bond acceptors (Lipinski definition) is 6. The predicted molar refractivity (Wildman–Crippen MR) is 99.1 cm³/mol. The Balaban J connectivity index is 2.14. The molecular weight excluding hydrogens is 356 g/mol.